The van der Waals surface area contributed by atoms with Crippen LogP contribution >= 0.6 is 0 Å². The third kappa shape index (κ3) is 3.68. The number of amides is 1. The Kier molecular flexibility index (Phi) is 5.36. The van der Waals surface area contributed by atoms with Crippen LogP contribution < -0.4 is 0 Å². The predicted molar refractivity (Wildman–Crippen MR) is 90.9 cm³/mol. The summed E-state index contributed by atoms with van der Waals surface area (Å²) in [6, 6.07) is -0.429. The molecule has 1 aliphatic heterocycles. The fraction of sp³-hybridized carbons (Fsp3) is 0.765. The molecule has 1 atom stereocenters. The van der Waals surface area contributed by atoms with Crippen LogP contribution in [-0.4, -0.2) is 66.7 Å². The highest BCUT2D eigenvalue weighted by Gasteiger charge is 2.36. The van der Waals surface area contributed by atoms with E-state index >= 15 is 0 Å². The van der Waals surface area contributed by atoms with Crippen LogP contribution in [0.4, 0.5) is 0 Å². The van der Waals surface area contributed by atoms with E-state index in [9.17, 15) is 14.7 Å². The molecule has 0 bridgehead atoms. The highest BCUT2D eigenvalue weighted by Crippen LogP contribution is 2.24. The lowest BCUT2D eigenvalue weighted by Gasteiger charge is -2.37. The molecular weight excluding hydrogens is 322 g/mol. The predicted octanol–water partition coefficient (Wildman–Crippen LogP) is 1.04. The van der Waals surface area contributed by atoms with Gasteiger partial charge in [-0.3, -0.25) is 14.5 Å². The second kappa shape index (κ2) is 7.51. The number of carbonyl (C=O) groups is 2. The highest BCUT2D eigenvalue weighted by atomic mass is 16.4. The van der Waals surface area contributed by atoms with E-state index in [0.29, 0.717) is 25.0 Å². The summed E-state index contributed by atoms with van der Waals surface area (Å²) in [5, 5.41) is 17.7. The molecule has 1 aromatic rings. The molecule has 0 aromatic carbocycles. The summed E-state index contributed by atoms with van der Waals surface area (Å²) in [7, 11) is 0. The fourth-order valence-corrected chi connectivity index (χ4v) is 4.06. The van der Waals surface area contributed by atoms with Crippen molar-refractivity contribution in [3.63, 3.8) is 0 Å². The molecule has 1 aromatic heterocycles. The van der Waals surface area contributed by atoms with Crippen molar-refractivity contribution in [3.05, 3.63) is 11.6 Å². The van der Waals surface area contributed by atoms with Gasteiger partial charge in [0.25, 0.3) is 0 Å². The number of carboxylic acids is 1. The van der Waals surface area contributed by atoms with Gasteiger partial charge in [-0.05, 0) is 26.7 Å². The summed E-state index contributed by atoms with van der Waals surface area (Å²) in [6.07, 6.45) is 5.67. The van der Waals surface area contributed by atoms with E-state index < -0.39 is 12.0 Å². The van der Waals surface area contributed by atoms with Gasteiger partial charge >= 0.3 is 5.97 Å². The lowest BCUT2D eigenvalue weighted by molar-refractivity contribution is -0.147. The lowest BCUT2D eigenvalue weighted by Crippen LogP contribution is -2.53. The van der Waals surface area contributed by atoms with E-state index in [1.54, 1.807) is 4.90 Å². The van der Waals surface area contributed by atoms with Crippen molar-refractivity contribution in [3.8, 4) is 0 Å². The molecule has 1 aliphatic carbocycles. The molecule has 0 saturated heterocycles. The van der Waals surface area contributed by atoms with Gasteiger partial charge in [0.05, 0.1) is 19.6 Å². The standard InChI is InChI=1S/C17H27N5O3/c1-3-21(13-7-5-4-6-8-13)16(23)11-20-10-15-19-18-12(2)22(15)9-14(20)17(24)25/h13-14H,3-11H2,1-2H3,(H,24,25). The first kappa shape index (κ1) is 17.8. The Morgan fingerprint density at radius 3 is 2.60 bits per heavy atom. The molecule has 138 valence electrons. The van der Waals surface area contributed by atoms with Crippen LogP contribution in [0.5, 0.6) is 0 Å². The Morgan fingerprint density at radius 1 is 1.24 bits per heavy atom. The van der Waals surface area contributed by atoms with Crippen molar-refractivity contribution < 1.29 is 14.7 Å². The van der Waals surface area contributed by atoms with E-state index in [1.165, 1.54) is 6.42 Å². The molecule has 2 heterocycles. The van der Waals surface area contributed by atoms with Crippen molar-refractivity contribution in [1.82, 2.24) is 24.6 Å². The summed E-state index contributed by atoms with van der Waals surface area (Å²) in [4.78, 5) is 28.2. The van der Waals surface area contributed by atoms with Crippen LogP contribution in [-0.2, 0) is 22.7 Å². The average Bonchev–Trinajstić information content (AvgIpc) is 2.96. The van der Waals surface area contributed by atoms with Crippen LogP contribution in [0.1, 0.15) is 50.7 Å². The van der Waals surface area contributed by atoms with Gasteiger partial charge in [-0.15, -0.1) is 10.2 Å². The second-order valence-electron chi connectivity index (χ2n) is 7.00. The van der Waals surface area contributed by atoms with E-state index in [-0.39, 0.29) is 19.0 Å². The summed E-state index contributed by atoms with van der Waals surface area (Å²) in [6.45, 7) is 5.23. The number of carboxylic acid groups (broad SMARTS) is 1. The zero-order valence-corrected chi connectivity index (χ0v) is 15.0. The molecular formula is C17H27N5O3. The van der Waals surface area contributed by atoms with Crippen LogP contribution in [0.25, 0.3) is 0 Å². The first-order valence-corrected chi connectivity index (χ1v) is 9.16. The first-order valence-electron chi connectivity index (χ1n) is 9.16. The van der Waals surface area contributed by atoms with Crippen LogP contribution in [0, 0.1) is 6.92 Å². The van der Waals surface area contributed by atoms with Crippen molar-refractivity contribution in [1.29, 1.82) is 0 Å². The number of hydrogen-bond donors (Lipinski definition) is 1. The van der Waals surface area contributed by atoms with E-state index in [4.69, 9.17) is 0 Å². The molecule has 0 radical (unpaired) electrons. The van der Waals surface area contributed by atoms with Gasteiger partial charge < -0.3 is 14.6 Å². The quantitative estimate of drug-likeness (QED) is 0.854. The molecule has 1 unspecified atom stereocenters. The Morgan fingerprint density at radius 2 is 1.96 bits per heavy atom. The van der Waals surface area contributed by atoms with Gasteiger partial charge in [0.15, 0.2) is 0 Å². The number of carbonyl (C=O) groups excluding carboxylic acids is 1. The van der Waals surface area contributed by atoms with Gasteiger partial charge in [-0.25, -0.2) is 0 Å². The van der Waals surface area contributed by atoms with Crippen LogP contribution in [0.15, 0.2) is 0 Å². The zero-order chi connectivity index (χ0) is 18.0. The van der Waals surface area contributed by atoms with Gasteiger partial charge in [0.1, 0.15) is 17.7 Å². The van der Waals surface area contributed by atoms with Gasteiger partial charge in [-0.2, -0.15) is 0 Å². The molecule has 1 fully saturated rings. The maximum atomic E-state index is 12.9. The second-order valence-corrected chi connectivity index (χ2v) is 7.00. The third-order valence-electron chi connectivity index (χ3n) is 5.45. The molecule has 8 heteroatoms. The topological polar surface area (TPSA) is 91.6 Å². The molecule has 0 spiro atoms. The molecule has 2 aliphatic rings. The third-order valence-corrected chi connectivity index (χ3v) is 5.45. The number of hydrogen-bond acceptors (Lipinski definition) is 5. The molecule has 1 N–H and O–H groups in total. The smallest absolute Gasteiger partial charge is 0.322 e. The monoisotopic (exact) mass is 349 g/mol. The Hall–Kier alpha value is -1.96. The minimum Gasteiger partial charge on any atom is -0.480 e. The fourth-order valence-electron chi connectivity index (χ4n) is 4.06. The number of nitrogens with zero attached hydrogens (tertiary/aromatic N) is 5. The maximum absolute atomic E-state index is 12.9. The highest BCUT2D eigenvalue weighted by molar-refractivity contribution is 5.80. The van der Waals surface area contributed by atoms with E-state index in [2.05, 4.69) is 10.2 Å². The largest absolute Gasteiger partial charge is 0.480 e. The molecule has 1 saturated carbocycles. The minimum atomic E-state index is -0.910. The maximum Gasteiger partial charge on any atom is 0.322 e. The number of aryl methyl sites for hydroxylation is 1. The minimum absolute atomic E-state index is 0.0188. The molecule has 25 heavy (non-hydrogen) atoms. The SMILES string of the molecule is CCN(C(=O)CN1Cc2nnc(C)n2CC1C(=O)O)C1CCCCC1. The Labute approximate surface area is 147 Å². The average molecular weight is 349 g/mol. The molecule has 3 rings (SSSR count). The van der Waals surface area contributed by atoms with Crippen molar-refractivity contribution in [2.75, 3.05) is 13.1 Å². The number of rotatable bonds is 5. The van der Waals surface area contributed by atoms with Crippen molar-refractivity contribution >= 4 is 11.9 Å². The van der Waals surface area contributed by atoms with Crippen molar-refractivity contribution in [2.45, 2.75) is 71.1 Å². The first-order chi connectivity index (χ1) is 12.0. The summed E-state index contributed by atoms with van der Waals surface area (Å²) < 4.78 is 1.83. The van der Waals surface area contributed by atoms with E-state index in [1.807, 2.05) is 23.3 Å². The molecule has 1 amide bonds. The van der Waals surface area contributed by atoms with Gasteiger partial charge in [0, 0.05) is 12.6 Å². The van der Waals surface area contributed by atoms with E-state index in [0.717, 1.165) is 31.5 Å². The van der Waals surface area contributed by atoms with Crippen LogP contribution in [0.3, 0.4) is 0 Å². The Bertz CT molecular complexity index is 638. The van der Waals surface area contributed by atoms with Gasteiger partial charge in [-0.1, -0.05) is 19.3 Å². The number of aliphatic carboxylic acids is 1. The zero-order valence-electron chi connectivity index (χ0n) is 15.0. The summed E-state index contributed by atoms with van der Waals surface area (Å²) >= 11 is 0. The molecule has 8 nitrogen and oxygen atoms in total. The summed E-state index contributed by atoms with van der Waals surface area (Å²) in [5.74, 6) is 0.547. The van der Waals surface area contributed by atoms with Gasteiger partial charge in [0.2, 0.25) is 5.91 Å². The van der Waals surface area contributed by atoms with Crippen molar-refractivity contribution in [2.24, 2.45) is 0 Å². The van der Waals surface area contributed by atoms with Crippen LogP contribution in [0.2, 0.25) is 0 Å². The number of aromatic nitrogens is 3. The lowest BCUT2D eigenvalue weighted by atomic mass is 9.94. The normalized spacial score (nSPS) is 21.8. The number of fused-ring (bicyclic) bond motifs is 1. The number of likely N-dealkylation sites (N-methyl/N-ethyl adjacent to an activating group) is 1. The summed E-state index contributed by atoms with van der Waals surface area (Å²) in [5.41, 5.74) is 0. The Balaban J connectivity index is 1.73.